The van der Waals surface area contributed by atoms with Gasteiger partial charge < -0.3 is 4.74 Å². The van der Waals surface area contributed by atoms with E-state index in [0.717, 1.165) is 22.5 Å². The predicted molar refractivity (Wildman–Crippen MR) is 93.8 cm³/mol. The Bertz CT molecular complexity index is 945. The molecule has 0 amide bonds. The van der Waals surface area contributed by atoms with Crippen LogP contribution in [0, 0.1) is 6.92 Å². The number of ether oxygens (including phenoxy) is 1. The lowest BCUT2D eigenvalue weighted by atomic mass is 10.1. The van der Waals surface area contributed by atoms with Crippen LogP contribution in [-0.4, -0.2) is 19.6 Å². The van der Waals surface area contributed by atoms with Gasteiger partial charge in [0.25, 0.3) is 5.78 Å². The molecule has 0 spiro atoms. The summed E-state index contributed by atoms with van der Waals surface area (Å²) in [4.78, 5) is 5.59. The van der Waals surface area contributed by atoms with Crippen molar-refractivity contribution in [2.24, 2.45) is 0 Å². The molecular formula is C18H16N4OS. The lowest BCUT2D eigenvalue weighted by Crippen LogP contribution is -1.94. The second-order valence-electron chi connectivity index (χ2n) is 5.53. The summed E-state index contributed by atoms with van der Waals surface area (Å²) in [7, 11) is 0. The van der Waals surface area contributed by atoms with Gasteiger partial charge in [-0.05, 0) is 29.5 Å². The second kappa shape index (κ2) is 6.51. The molecule has 0 saturated heterocycles. The molecule has 6 heteroatoms. The third-order valence-corrected chi connectivity index (χ3v) is 4.67. The molecule has 4 rings (SSSR count). The SMILES string of the molecule is Cc1nnc2ncc(-c3ccc(COCc4cccs4)cc3)cn12. The first-order valence-electron chi connectivity index (χ1n) is 7.66. The number of hydrogen-bond acceptors (Lipinski definition) is 5. The maximum Gasteiger partial charge on any atom is 0.254 e. The van der Waals surface area contributed by atoms with Crippen molar-refractivity contribution in [3.8, 4) is 11.1 Å². The third kappa shape index (κ3) is 3.06. The van der Waals surface area contributed by atoms with Crippen LogP contribution in [0.1, 0.15) is 16.3 Å². The van der Waals surface area contributed by atoms with Crippen LogP contribution < -0.4 is 0 Å². The molecule has 0 aliphatic carbocycles. The molecule has 0 N–H and O–H groups in total. The quantitative estimate of drug-likeness (QED) is 0.555. The van der Waals surface area contributed by atoms with Gasteiger partial charge in [0, 0.05) is 22.8 Å². The Hall–Kier alpha value is -2.57. The molecule has 3 aromatic heterocycles. The first-order valence-corrected chi connectivity index (χ1v) is 8.54. The van der Waals surface area contributed by atoms with Gasteiger partial charge in [-0.2, -0.15) is 0 Å². The summed E-state index contributed by atoms with van der Waals surface area (Å²) in [5.41, 5.74) is 3.31. The highest BCUT2D eigenvalue weighted by Gasteiger charge is 2.05. The van der Waals surface area contributed by atoms with Gasteiger partial charge in [0.1, 0.15) is 5.82 Å². The summed E-state index contributed by atoms with van der Waals surface area (Å²) in [6.07, 6.45) is 3.84. The van der Waals surface area contributed by atoms with Crippen LogP contribution in [0.5, 0.6) is 0 Å². The molecule has 5 nitrogen and oxygen atoms in total. The van der Waals surface area contributed by atoms with Crippen LogP contribution in [0.4, 0.5) is 0 Å². The Balaban J connectivity index is 1.47. The van der Waals surface area contributed by atoms with Crippen LogP contribution in [-0.2, 0) is 18.0 Å². The zero-order valence-corrected chi connectivity index (χ0v) is 14.0. The van der Waals surface area contributed by atoms with E-state index in [1.807, 2.05) is 29.8 Å². The molecular weight excluding hydrogens is 320 g/mol. The van der Waals surface area contributed by atoms with Crippen molar-refractivity contribution < 1.29 is 4.74 Å². The standard InChI is InChI=1S/C18H16N4OS/c1-13-20-21-18-19-9-16(10-22(13)18)15-6-4-14(5-7-15)11-23-12-17-3-2-8-24-17/h2-10H,11-12H2,1H3. The van der Waals surface area contributed by atoms with Crippen molar-refractivity contribution in [3.05, 3.63) is 70.4 Å². The Morgan fingerprint density at radius 3 is 2.71 bits per heavy atom. The van der Waals surface area contributed by atoms with Crippen molar-refractivity contribution in [1.29, 1.82) is 0 Å². The molecule has 120 valence electrons. The molecule has 0 fully saturated rings. The Kier molecular flexibility index (Phi) is 4.06. The predicted octanol–water partition coefficient (Wildman–Crippen LogP) is 3.88. The minimum absolute atomic E-state index is 0.611. The van der Waals surface area contributed by atoms with Gasteiger partial charge in [-0.25, -0.2) is 4.98 Å². The monoisotopic (exact) mass is 336 g/mol. The molecule has 24 heavy (non-hydrogen) atoms. The number of aryl methyl sites for hydroxylation is 1. The average Bonchev–Trinajstić information content (AvgIpc) is 3.26. The maximum absolute atomic E-state index is 5.75. The molecule has 0 radical (unpaired) electrons. The fraction of sp³-hybridized carbons (Fsp3) is 0.167. The van der Waals surface area contributed by atoms with Crippen LogP contribution >= 0.6 is 11.3 Å². The molecule has 0 atom stereocenters. The Morgan fingerprint density at radius 1 is 1.04 bits per heavy atom. The molecule has 4 aromatic rings. The van der Waals surface area contributed by atoms with Crippen LogP contribution in [0.3, 0.4) is 0 Å². The molecule has 0 aliphatic heterocycles. The minimum atomic E-state index is 0.611. The van der Waals surface area contributed by atoms with E-state index in [2.05, 4.69) is 50.9 Å². The van der Waals surface area contributed by atoms with Crippen LogP contribution in [0.25, 0.3) is 16.9 Å². The third-order valence-electron chi connectivity index (χ3n) is 3.82. The molecule has 0 saturated carbocycles. The minimum Gasteiger partial charge on any atom is -0.371 e. The zero-order valence-electron chi connectivity index (χ0n) is 13.2. The number of fused-ring (bicyclic) bond motifs is 1. The maximum atomic E-state index is 5.75. The number of benzene rings is 1. The van der Waals surface area contributed by atoms with Gasteiger partial charge in [0.05, 0.1) is 13.2 Å². The van der Waals surface area contributed by atoms with Crippen LogP contribution in [0.2, 0.25) is 0 Å². The fourth-order valence-corrected chi connectivity index (χ4v) is 3.14. The van der Waals surface area contributed by atoms with Gasteiger partial charge in [-0.1, -0.05) is 30.3 Å². The molecule has 3 heterocycles. The fourth-order valence-electron chi connectivity index (χ4n) is 2.50. The van der Waals surface area contributed by atoms with E-state index in [9.17, 15) is 0 Å². The summed E-state index contributed by atoms with van der Waals surface area (Å²) in [6, 6.07) is 12.5. The Labute approximate surface area is 143 Å². The summed E-state index contributed by atoms with van der Waals surface area (Å²) in [6.45, 7) is 3.19. The van der Waals surface area contributed by atoms with E-state index < -0.39 is 0 Å². The van der Waals surface area contributed by atoms with E-state index in [0.29, 0.717) is 19.0 Å². The highest BCUT2D eigenvalue weighted by atomic mass is 32.1. The molecule has 0 unspecified atom stereocenters. The smallest absolute Gasteiger partial charge is 0.254 e. The van der Waals surface area contributed by atoms with Gasteiger partial charge in [-0.3, -0.25) is 4.40 Å². The zero-order chi connectivity index (χ0) is 16.4. The summed E-state index contributed by atoms with van der Waals surface area (Å²) in [5, 5.41) is 10.1. The highest BCUT2D eigenvalue weighted by molar-refractivity contribution is 7.09. The number of rotatable bonds is 5. The van der Waals surface area contributed by atoms with Gasteiger partial charge in [-0.15, -0.1) is 21.5 Å². The van der Waals surface area contributed by atoms with E-state index in [1.54, 1.807) is 11.3 Å². The van der Waals surface area contributed by atoms with E-state index in [-0.39, 0.29) is 0 Å². The highest BCUT2D eigenvalue weighted by Crippen LogP contribution is 2.20. The summed E-state index contributed by atoms with van der Waals surface area (Å²) in [5.74, 6) is 1.45. The first-order chi connectivity index (χ1) is 11.8. The lowest BCUT2D eigenvalue weighted by molar-refractivity contribution is 0.109. The van der Waals surface area contributed by atoms with Crippen molar-refractivity contribution in [2.75, 3.05) is 0 Å². The largest absolute Gasteiger partial charge is 0.371 e. The average molecular weight is 336 g/mol. The van der Waals surface area contributed by atoms with Gasteiger partial charge in [0.15, 0.2) is 0 Å². The van der Waals surface area contributed by atoms with E-state index in [4.69, 9.17) is 4.74 Å². The van der Waals surface area contributed by atoms with E-state index in [1.165, 1.54) is 4.88 Å². The van der Waals surface area contributed by atoms with Crippen molar-refractivity contribution >= 4 is 17.1 Å². The molecule has 0 bridgehead atoms. The normalized spacial score (nSPS) is 11.2. The number of aromatic nitrogens is 4. The molecule has 0 aliphatic rings. The Morgan fingerprint density at radius 2 is 1.92 bits per heavy atom. The summed E-state index contributed by atoms with van der Waals surface area (Å²) < 4.78 is 7.65. The first kappa shape index (κ1) is 15.0. The lowest BCUT2D eigenvalue weighted by Gasteiger charge is -2.06. The number of hydrogen-bond donors (Lipinski definition) is 0. The number of nitrogens with zero attached hydrogens (tertiary/aromatic N) is 4. The van der Waals surface area contributed by atoms with E-state index >= 15 is 0 Å². The van der Waals surface area contributed by atoms with Crippen LogP contribution in [0.15, 0.2) is 54.2 Å². The van der Waals surface area contributed by atoms with Crippen molar-refractivity contribution in [1.82, 2.24) is 19.6 Å². The van der Waals surface area contributed by atoms with Gasteiger partial charge >= 0.3 is 0 Å². The number of thiophene rings is 1. The van der Waals surface area contributed by atoms with Crippen molar-refractivity contribution in [3.63, 3.8) is 0 Å². The molecule has 1 aromatic carbocycles. The van der Waals surface area contributed by atoms with Crippen molar-refractivity contribution in [2.45, 2.75) is 20.1 Å². The second-order valence-corrected chi connectivity index (χ2v) is 6.56. The van der Waals surface area contributed by atoms with Gasteiger partial charge in [0.2, 0.25) is 0 Å². The summed E-state index contributed by atoms with van der Waals surface area (Å²) >= 11 is 1.72. The topological polar surface area (TPSA) is 52.3 Å².